The summed E-state index contributed by atoms with van der Waals surface area (Å²) in [5, 5.41) is 6.15. The van der Waals surface area contributed by atoms with Gasteiger partial charge in [0.05, 0.1) is 5.69 Å². The van der Waals surface area contributed by atoms with E-state index >= 15 is 0 Å². The van der Waals surface area contributed by atoms with Crippen molar-refractivity contribution >= 4 is 23.5 Å². The predicted octanol–water partition coefficient (Wildman–Crippen LogP) is 5.51. The topological polar surface area (TPSA) is 105 Å². The molecule has 12 heteroatoms. The highest BCUT2D eigenvalue weighted by molar-refractivity contribution is 5.68. The van der Waals surface area contributed by atoms with Crippen LogP contribution in [0.2, 0.25) is 0 Å². The monoisotopic (exact) mass is 515 g/mol. The van der Waals surface area contributed by atoms with Crippen molar-refractivity contribution in [1.82, 2.24) is 24.8 Å². The van der Waals surface area contributed by atoms with Crippen molar-refractivity contribution < 1.29 is 22.7 Å². The number of amides is 1. The van der Waals surface area contributed by atoms with E-state index in [2.05, 4.69) is 30.6 Å². The molecule has 2 N–H and O–H groups in total. The van der Waals surface area contributed by atoms with Gasteiger partial charge in [0, 0.05) is 55.0 Å². The van der Waals surface area contributed by atoms with Crippen LogP contribution in [0.15, 0.2) is 49.1 Å². The number of halogens is 3. The number of piperidine rings is 1. The normalized spacial score (nSPS) is 14.8. The van der Waals surface area contributed by atoms with E-state index in [0.717, 1.165) is 30.2 Å². The molecule has 0 spiro atoms. The third-order valence-corrected chi connectivity index (χ3v) is 5.52. The Bertz CT molecular complexity index is 1220. The maximum absolute atomic E-state index is 12.9. The summed E-state index contributed by atoms with van der Waals surface area (Å²) >= 11 is 0. The number of nitrogens with zero attached hydrogens (tertiary/aromatic N) is 5. The molecular formula is C25H28F3N7O2. The standard InChI is InChI=1S/C25H28F3N7O2/c1-24(2,3)37-23(36)35-9-7-18(8-10-35)32-19-11-16(12-29-15-19)17-13-30-22(31-14-17)34-21-6-4-5-20(33-21)25(26,27)28/h4-6,11-15,18,32H,7-10H2,1-3H3,(H,30,31,33,34). The van der Waals surface area contributed by atoms with Gasteiger partial charge in [-0.05, 0) is 51.8 Å². The molecule has 1 aliphatic heterocycles. The Kier molecular flexibility index (Phi) is 7.46. The second-order valence-corrected chi connectivity index (χ2v) is 9.67. The summed E-state index contributed by atoms with van der Waals surface area (Å²) in [5.74, 6) is 0.114. The lowest BCUT2D eigenvalue weighted by Crippen LogP contribution is -2.44. The molecule has 1 amide bonds. The number of rotatable bonds is 5. The van der Waals surface area contributed by atoms with Crippen molar-refractivity contribution in [3.8, 4) is 11.1 Å². The average molecular weight is 516 g/mol. The van der Waals surface area contributed by atoms with E-state index in [1.807, 2.05) is 26.8 Å². The van der Waals surface area contributed by atoms with Gasteiger partial charge in [-0.25, -0.2) is 19.7 Å². The van der Waals surface area contributed by atoms with Gasteiger partial charge in [0.1, 0.15) is 17.1 Å². The number of aromatic nitrogens is 4. The molecule has 37 heavy (non-hydrogen) atoms. The Morgan fingerprint density at radius 1 is 1.03 bits per heavy atom. The molecule has 1 aliphatic rings. The van der Waals surface area contributed by atoms with Crippen LogP contribution in [0.3, 0.4) is 0 Å². The lowest BCUT2D eigenvalue weighted by atomic mass is 10.0. The average Bonchev–Trinajstić information content (AvgIpc) is 2.84. The number of carbonyl (C=O) groups excluding carboxylic acids is 1. The van der Waals surface area contributed by atoms with Gasteiger partial charge in [-0.2, -0.15) is 13.2 Å². The van der Waals surface area contributed by atoms with Crippen LogP contribution < -0.4 is 10.6 Å². The zero-order valence-electron chi connectivity index (χ0n) is 20.7. The van der Waals surface area contributed by atoms with E-state index in [-0.39, 0.29) is 23.9 Å². The molecule has 3 aromatic rings. The summed E-state index contributed by atoms with van der Waals surface area (Å²) in [5.41, 5.74) is 0.771. The fourth-order valence-corrected chi connectivity index (χ4v) is 3.76. The molecule has 4 heterocycles. The van der Waals surface area contributed by atoms with Gasteiger partial charge in [-0.3, -0.25) is 4.98 Å². The number of nitrogens with one attached hydrogen (secondary N) is 2. The Balaban J connectivity index is 1.35. The lowest BCUT2D eigenvalue weighted by Gasteiger charge is -2.34. The third kappa shape index (κ3) is 7.28. The quantitative estimate of drug-likeness (QED) is 0.459. The van der Waals surface area contributed by atoms with Gasteiger partial charge >= 0.3 is 12.3 Å². The molecule has 0 radical (unpaired) electrons. The highest BCUT2D eigenvalue weighted by Crippen LogP contribution is 2.29. The van der Waals surface area contributed by atoms with Gasteiger partial charge in [0.2, 0.25) is 5.95 Å². The minimum Gasteiger partial charge on any atom is -0.444 e. The third-order valence-electron chi connectivity index (χ3n) is 5.52. The van der Waals surface area contributed by atoms with Crippen molar-refractivity contribution in [3.05, 3.63) is 54.7 Å². The van der Waals surface area contributed by atoms with Crippen LogP contribution in [0, 0.1) is 0 Å². The van der Waals surface area contributed by atoms with E-state index in [0.29, 0.717) is 18.7 Å². The molecule has 4 rings (SSSR count). The van der Waals surface area contributed by atoms with Crippen molar-refractivity contribution in [2.24, 2.45) is 0 Å². The van der Waals surface area contributed by atoms with Gasteiger partial charge in [-0.15, -0.1) is 0 Å². The fourth-order valence-electron chi connectivity index (χ4n) is 3.76. The van der Waals surface area contributed by atoms with E-state index in [1.165, 1.54) is 12.1 Å². The molecule has 196 valence electrons. The highest BCUT2D eigenvalue weighted by atomic mass is 19.4. The second kappa shape index (κ2) is 10.6. The first-order chi connectivity index (χ1) is 17.5. The number of ether oxygens (including phenoxy) is 1. The van der Waals surface area contributed by atoms with E-state index in [9.17, 15) is 18.0 Å². The molecule has 0 saturated carbocycles. The van der Waals surface area contributed by atoms with Crippen molar-refractivity contribution in [1.29, 1.82) is 0 Å². The number of hydrogen-bond donors (Lipinski definition) is 2. The molecule has 0 unspecified atom stereocenters. The largest absolute Gasteiger partial charge is 0.444 e. The second-order valence-electron chi connectivity index (χ2n) is 9.67. The van der Waals surface area contributed by atoms with Crippen LogP contribution >= 0.6 is 0 Å². The molecule has 1 saturated heterocycles. The first-order valence-electron chi connectivity index (χ1n) is 11.8. The summed E-state index contributed by atoms with van der Waals surface area (Å²) < 4.78 is 44.1. The molecular weight excluding hydrogens is 487 g/mol. The zero-order valence-corrected chi connectivity index (χ0v) is 20.7. The van der Waals surface area contributed by atoms with Crippen LogP contribution in [-0.4, -0.2) is 55.7 Å². The maximum Gasteiger partial charge on any atom is 0.433 e. The maximum atomic E-state index is 12.9. The highest BCUT2D eigenvalue weighted by Gasteiger charge is 2.32. The zero-order chi connectivity index (χ0) is 26.6. The molecule has 0 bridgehead atoms. The molecule has 3 aromatic heterocycles. The Labute approximate surface area is 212 Å². The number of likely N-dealkylation sites (tertiary alicyclic amines) is 1. The van der Waals surface area contributed by atoms with E-state index < -0.39 is 17.5 Å². The van der Waals surface area contributed by atoms with Crippen LogP contribution in [-0.2, 0) is 10.9 Å². The Morgan fingerprint density at radius 2 is 1.73 bits per heavy atom. The van der Waals surface area contributed by atoms with Crippen molar-refractivity contribution in [3.63, 3.8) is 0 Å². The summed E-state index contributed by atoms with van der Waals surface area (Å²) in [4.78, 5) is 30.2. The van der Waals surface area contributed by atoms with Gasteiger partial charge < -0.3 is 20.3 Å². The van der Waals surface area contributed by atoms with Crippen molar-refractivity contribution in [2.75, 3.05) is 23.7 Å². The van der Waals surface area contributed by atoms with Crippen LogP contribution in [0.1, 0.15) is 39.3 Å². The van der Waals surface area contributed by atoms with Crippen molar-refractivity contribution in [2.45, 2.75) is 51.4 Å². The van der Waals surface area contributed by atoms with Gasteiger partial charge in [-0.1, -0.05) is 6.07 Å². The van der Waals surface area contributed by atoms with E-state index in [4.69, 9.17) is 4.74 Å². The number of pyridine rings is 2. The number of alkyl halides is 3. The first-order valence-corrected chi connectivity index (χ1v) is 11.8. The fraction of sp³-hybridized carbons (Fsp3) is 0.400. The summed E-state index contributed by atoms with van der Waals surface area (Å²) in [6, 6.07) is 5.67. The summed E-state index contributed by atoms with van der Waals surface area (Å²) in [6.45, 7) is 6.75. The van der Waals surface area contributed by atoms with E-state index in [1.54, 1.807) is 29.7 Å². The Morgan fingerprint density at radius 3 is 2.38 bits per heavy atom. The first kappa shape index (κ1) is 26.1. The molecule has 0 atom stereocenters. The minimum absolute atomic E-state index is 0.00634. The number of anilines is 3. The molecule has 0 aromatic carbocycles. The lowest BCUT2D eigenvalue weighted by molar-refractivity contribution is -0.141. The molecule has 0 aliphatic carbocycles. The smallest absolute Gasteiger partial charge is 0.433 e. The number of hydrogen-bond acceptors (Lipinski definition) is 8. The molecule has 1 fully saturated rings. The summed E-state index contributed by atoms with van der Waals surface area (Å²) in [7, 11) is 0. The van der Waals surface area contributed by atoms with Gasteiger partial charge in [0.15, 0.2) is 0 Å². The van der Waals surface area contributed by atoms with Gasteiger partial charge in [0.25, 0.3) is 0 Å². The van der Waals surface area contributed by atoms with Crippen LogP contribution in [0.25, 0.3) is 11.1 Å². The number of carbonyl (C=O) groups is 1. The minimum atomic E-state index is -4.54. The summed E-state index contributed by atoms with van der Waals surface area (Å²) in [6.07, 6.45) is 3.23. The molecule has 9 nitrogen and oxygen atoms in total. The SMILES string of the molecule is CC(C)(C)OC(=O)N1CCC(Nc2cncc(-c3cnc(Nc4cccc(C(F)(F)F)n4)nc3)c2)CC1. The van der Waals surface area contributed by atoms with Crippen LogP contribution in [0.5, 0.6) is 0 Å². The predicted molar refractivity (Wildman–Crippen MR) is 132 cm³/mol. The van der Waals surface area contributed by atoms with Crippen LogP contribution in [0.4, 0.5) is 35.4 Å². The Hall–Kier alpha value is -3.96.